The number of allylic oxidation sites excluding steroid dienone is 1. The Kier molecular flexibility index (Phi) is 10.3. The van der Waals surface area contributed by atoms with E-state index in [0.29, 0.717) is 13.0 Å². The molecule has 0 aromatic carbocycles. The van der Waals surface area contributed by atoms with Gasteiger partial charge in [0.25, 0.3) is 0 Å². The summed E-state index contributed by atoms with van der Waals surface area (Å²) in [6, 6.07) is 0. The average Bonchev–Trinajstić information content (AvgIpc) is 3.22. The lowest BCUT2D eigenvalue weighted by Crippen LogP contribution is -2.04. The van der Waals surface area contributed by atoms with Gasteiger partial charge in [0.2, 0.25) is 0 Å². The molecule has 1 aliphatic rings. The summed E-state index contributed by atoms with van der Waals surface area (Å²) in [5, 5.41) is 0. The summed E-state index contributed by atoms with van der Waals surface area (Å²) < 4.78 is 5.21. The quantitative estimate of drug-likeness (QED) is 0.249. The number of carbonyl (C=O) groups excluding carboxylic acids is 1. The molecule has 2 atom stereocenters. The van der Waals surface area contributed by atoms with Crippen LogP contribution in [0.4, 0.5) is 0 Å². The summed E-state index contributed by atoms with van der Waals surface area (Å²) in [6.45, 7) is 4.96. The standard InChI is InChI=1S/C19H34O2/c1-3-5-8-12-17-16-18(17)13-10-7-11-15-21-19(20)14-9-6-4-2/h7,10,17-18H,3-6,8-9,11-16H2,1-2H3. The highest BCUT2D eigenvalue weighted by Crippen LogP contribution is 2.44. The Balaban J connectivity index is 1.88. The first-order chi connectivity index (χ1) is 10.3. The molecule has 0 aromatic rings. The lowest BCUT2D eigenvalue weighted by Gasteiger charge is -2.02. The van der Waals surface area contributed by atoms with Crippen molar-refractivity contribution >= 4 is 5.97 Å². The van der Waals surface area contributed by atoms with Crippen LogP contribution in [0.3, 0.4) is 0 Å². The van der Waals surface area contributed by atoms with E-state index < -0.39 is 0 Å². The minimum Gasteiger partial charge on any atom is -0.465 e. The number of esters is 1. The molecule has 2 nitrogen and oxygen atoms in total. The molecule has 1 saturated carbocycles. The lowest BCUT2D eigenvalue weighted by atomic mass is 10.1. The molecule has 0 saturated heterocycles. The number of carbonyl (C=O) groups is 1. The zero-order valence-corrected chi connectivity index (χ0v) is 14.1. The SMILES string of the molecule is CCCCCC(=O)OCCC=CCC1CC1CCCCC. The fraction of sp³-hybridized carbons (Fsp3) is 0.842. The highest BCUT2D eigenvalue weighted by atomic mass is 16.5. The van der Waals surface area contributed by atoms with Crippen LogP contribution in [0.2, 0.25) is 0 Å². The Morgan fingerprint density at radius 1 is 1.05 bits per heavy atom. The number of rotatable bonds is 13. The number of hydrogen-bond donors (Lipinski definition) is 0. The Bertz CT molecular complexity index is 296. The zero-order chi connectivity index (χ0) is 15.3. The van der Waals surface area contributed by atoms with E-state index in [1.165, 1.54) is 38.5 Å². The van der Waals surface area contributed by atoms with Crippen molar-refractivity contribution in [1.82, 2.24) is 0 Å². The van der Waals surface area contributed by atoms with Crippen molar-refractivity contribution < 1.29 is 9.53 Å². The van der Waals surface area contributed by atoms with Gasteiger partial charge in [-0.2, -0.15) is 0 Å². The third-order valence-corrected chi connectivity index (χ3v) is 4.39. The van der Waals surface area contributed by atoms with E-state index in [1.54, 1.807) is 0 Å². The highest BCUT2D eigenvalue weighted by Gasteiger charge is 2.34. The van der Waals surface area contributed by atoms with E-state index in [-0.39, 0.29) is 5.97 Å². The molecule has 1 fully saturated rings. The van der Waals surface area contributed by atoms with Crippen molar-refractivity contribution in [3.05, 3.63) is 12.2 Å². The molecule has 122 valence electrons. The number of hydrogen-bond acceptors (Lipinski definition) is 2. The Morgan fingerprint density at radius 2 is 1.81 bits per heavy atom. The van der Waals surface area contributed by atoms with Crippen LogP contribution in [0.5, 0.6) is 0 Å². The van der Waals surface area contributed by atoms with Crippen molar-refractivity contribution in [2.75, 3.05) is 6.61 Å². The minimum absolute atomic E-state index is 0.0324. The molecule has 0 amide bonds. The average molecular weight is 294 g/mol. The summed E-state index contributed by atoms with van der Waals surface area (Å²) in [5.41, 5.74) is 0. The molecule has 1 rings (SSSR count). The Labute approximate surface area is 131 Å². The summed E-state index contributed by atoms with van der Waals surface area (Å²) >= 11 is 0. The second kappa shape index (κ2) is 11.8. The van der Waals surface area contributed by atoms with Crippen LogP contribution < -0.4 is 0 Å². The first-order valence-corrected chi connectivity index (χ1v) is 9.08. The molecule has 0 aromatic heterocycles. The normalized spacial score (nSPS) is 20.9. The van der Waals surface area contributed by atoms with E-state index in [9.17, 15) is 4.79 Å². The maximum atomic E-state index is 11.4. The van der Waals surface area contributed by atoms with Crippen LogP contribution in [-0.2, 0) is 9.53 Å². The van der Waals surface area contributed by atoms with Crippen molar-refractivity contribution in [1.29, 1.82) is 0 Å². The molecule has 0 bridgehead atoms. The second-order valence-electron chi connectivity index (χ2n) is 6.43. The molecule has 0 heterocycles. The zero-order valence-electron chi connectivity index (χ0n) is 14.1. The summed E-state index contributed by atoms with van der Waals surface area (Å²) in [4.78, 5) is 11.4. The smallest absolute Gasteiger partial charge is 0.305 e. The number of ether oxygens (including phenoxy) is 1. The van der Waals surface area contributed by atoms with Crippen molar-refractivity contribution in [2.24, 2.45) is 11.8 Å². The van der Waals surface area contributed by atoms with Crippen LogP contribution in [0.25, 0.3) is 0 Å². The van der Waals surface area contributed by atoms with Gasteiger partial charge in [-0.1, -0.05) is 64.5 Å². The van der Waals surface area contributed by atoms with E-state index in [1.807, 2.05) is 0 Å². The van der Waals surface area contributed by atoms with Gasteiger partial charge >= 0.3 is 5.97 Å². The molecule has 21 heavy (non-hydrogen) atoms. The van der Waals surface area contributed by atoms with Gasteiger partial charge in [-0.15, -0.1) is 0 Å². The molecular formula is C19H34O2. The summed E-state index contributed by atoms with van der Waals surface area (Å²) in [6.07, 6.45) is 17.4. The third kappa shape index (κ3) is 9.71. The van der Waals surface area contributed by atoms with Gasteiger partial charge in [-0.25, -0.2) is 0 Å². The predicted octanol–water partition coefficient (Wildman–Crippen LogP) is 5.66. The van der Waals surface area contributed by atoms with E-state index in [2.05, 4.69) is 26.0 Å². The molecule has 2 unspecified atom stereocenters. The van der Waals surface area contributed by atoms with Crippen LogP contribution in [0.15, 0.2) is 12.2 Å². The highest BCUT2D eigenvalue weighted by molar-refractivity contribution is 5.69. The van der Waals surface area contributed by atoms with Crippen molar-refractivity contribution in [2.45, 2.75) is 84.5 Å². The topological polar surface area (TPSA) is 26.3 Å². The van der Waals surface area contributed by atoms with E-state index in [0.717, 1.165) is 37.5 Å². The maximum absolute atomic E-state index is 11.4. The summed E-state index contributed by atoms with van der Waals surface area (Å²) in [5.74, 6) is 1.90. The van der Waals surface area contributed by atoms with Crippen LogP contribution in [0, 0.1) is 11.8 Å². The molecule has 0 radical (unpaired) electrons. The molecule has 0 N–H and O–H groups in total. The summed E-state index contributed by atoms with van der Waals surface area (Å²) in [7, 11) is 0. The van der Waals surface area contributed by atoms with Gasteiger partial charge in [0.1, 0.15) is 0 Å². The van der Waals surface area contributed by atoms with Gasteiger partial charge in [-0.3, -0.25) is 4.79 Å². The first kappa shape index (κ1) is 18.3. The maximum Gasteiger partial charge on any atom is 0.305 e. The largest absolute Gasteiger partial charge is 0.465 e. The molecule has 1 aliphatic carbocycles. The lowest BCUT2D eigenvalue weighted by molar-refractivity contribution is -0.143. The fourth-order valence-electron chi connectivity index (χ4n) is 2.83. The van der Waals surface area contributed by atoms with Crippen molar-refractivity contribution in [3.63, 3.8) is 0 Å². The van der Waals surface area contributed by atoms with Crippen LogP contribution in [-0.4, -0.2) is 12.6 Å². The van der Waals surface area contributed by atoms with Gasteiger partial charge in [-0.05, 0) is 37.5 Å². The van der Waals surface area contributed by atoms with Gasteiger partial charge in [0.15, 0.2) is 0 Å². The second-order valence-corrected chi connectivity index (χ2v) is 6.43. The van der Waals surface area contributed by atoms with Gasteiger partial charge in [0.05, 0.1) is 6.61 Å². The number of unbranched alkanes of at least 4 members (excludes halogenated alkanes) is 4. The molecule has 0 aliphatic heterocycles. The Morgan fingerprint density at radius 3 is 2.57 bits per heavy atom. The van der Waals surface area contributed by atoms with Gasteiger partial charge < -0.3 is 4.74 Å². The van der Waals surface area contributed by atoms with Crippen LogP contribution >= 0.6 is 0 Å². The fourth-order valence-corrected chi connectivity index (χ4v) is 2.83. The van der Waals surface area contributed by atoms with E-state index in [4.69, 9.17) is 4.74 Å². The molecule has 2 heteroatoms. The first-order valence-electron chi connectivity index (χ1n) is 9.08. The molecule has 0 spiro atoms. The Hall–Kier alpha value is -0.790. The molecular weight excluding hydrogens is 260 g/mol. The van der Waals surface area contributed by atoms with Crippen molar-refractivity contribution in [3.8, 4) is 0 Å². The van der Waals surface area contributed by atoms with Crippen LogP contribution in [0.1, 0.15) is 84.5 Å². The monoisotopic (exact) mass is 294 g/mol. The van der Waals surface area contributed by atoms with Gasteiger partial charge in [0, 0.05) is 6.42 Å². The third-order valence-electron chi connectivity index (χ3n) is 4.39. The van der Waals surface area contributed by atoms with E-state index >= 15 is 0 Å². The predicted molar refractivity (Wildman–Crippen MR) is 89.2 cm³/mol. The minimum atomic E-state index is -0.0324.